The number of hydrogen-bond donors (Lipinski definition) is 2. The monoisotopic (exact) mass is 295 g/mol. The van der Waals surface area contributed by atoms with Crippen LogP contribution in [-0.2, 0) is 16.0 Å². The largest absolute Gasteiger partial charge is 0.480 e. The molecule has 6 heteroatoms. The quantitative estimate of drug-likeness (QED) is 0.812. The van der Waals surface area contributed by atoms with E-state index in [4.69, 9.17) is 21.4 Å². The van der Waals surface area contributed by atoms with Gasteiger partial charge < -0.3 is 15.2 Å². The molecule has 106 valence electrons. The first-order chi connectivity index (χ1) is 9.51. The molecule has 0 spiro atoms. The van der Waals surface area contributed by atoms with Crippen LogP contribution in [0.4, 0.5) is 0 Å². The Kier molecular flexibility index (Phi) is 4.29. The van der Waals surface area contributed by atoms with Crippen LogP contribution in [0, 0.1) is 0 Å². The van der Waals surface area contributed by atoms with Gasteiger partial charge in [0.1, 0.15) is 11.8 Å². The fraction of sp³-hybridized carbons (Fsp3) is 0.286. The summed E-state index contributed by atoms with van der Waals surface area (Å²) in [5.41, 5.74) is 0.841. The van der Waals surface area contributed by atoms with Crippen LogP contribution in [0.2, 0.25) is 5.02 Å². The third-order valence-electron chi connectivity index (χ3n) is 3.01. The molecule has 2 N–H and O–H groups in total. The molecule has 5 nitrogen and oxygen atoms in total. The summed E-state index contributed by atoms with van der Waals surface area (Å²) in [6.07, 6.45) is 1.26. The van der Waals surface area contributed by atoms with E-state index >= 15 is 0 Å². The Morgan fingerprint density at radius 2 is 2.35 bits per heavy atom. The van der Waals surface area contributed by atoms with Crippen molar-refractivity contribution in [3.8, 4) is 5.75 Å². The molecule has 0 aromatic heterocycles. The summed E-state index contributed by atoms with van der Waals surface area (Å²) in [4.78, 5) is 23.0. The zero-order valence-electron chi connectivity index (χ0n) is 10.6. The molecule has 20 heavy (non-hydrogen) atoms. The van der Waals surface area contributed by atoms with E-state index < -0.39 is 24.0 Å². The highest BCUT2D eigenvalue weighted by atomic mass is 35.5. The molecule has 2 unspecified atom stereocenters. The average molecular weight is 296 g/mol. The molecule has 1 heterocycles. The molecular weight excluding hydrogens is 282 g/mol. The molecule has 1 aliphatic rings. The number of amides is 1. The van der Waals surface area contributed by atoms with E-state index in [2.05, 4.69) is 11.9 Å². The number of carbonyl (C=O) groups excluding carboxylic acids is 1. The molecule has 1 aliphatic heterocycles. The average Bonchev–Trinajstić information content (AvgIpc) is 2.80. The second-order valence-corrected chi connectivity index (χ2v) is 4.92. The Labute approximate surface area is 121 Å². The van der Waals surface area contributed by atoms with Crippen molar-refractivity contribution < 1.29 is 19.4 Å². The second kappa shape index (κ2) is 5.96. The smallest absolute Gasteiger partial charge is 0.326 e. The van der Waals surface area contributed by atoms with Crippen molar-refractivity contribution in [1.82, 2.24) is 5.32 Å². The fourth-order valence-electron chi connectivity index (χ4n) is 2.02. The van der Waals surface area contributed by atoms with E-state index in [0.717, 1.165) is 5.56 Å². The van der Waals surface area contributed by atoms with E-state index in [1.54, 1.807) is 18.2 Å². The number of benzene rings is 1. The van der Waals surface area contributed by atoms with Crippen molar-refractivity contribution in [2.75, 3.05) is 0 Å². The number of fused-ring (bicyclic) bond motifs is 1. The molecule has 1 aromatic rings. The highest BCUT2D eigenvalue weighted by molar-refractivity contribution is 6.30. The summed E-state index contributed by atoms with van der Waals surface area (Å²) in [7, 11) is 0. The number of halogens is 1. The minimum Gasteiger partial charge on any atom is -0.480 e. The Balaban J connectivity index is 2.02. The number of hydrogen-bond acceptors (Lipinski definition) is 3. The summed E-state index contributed by atoms with van der Waals surface area (Å²) < 4.78 is 5.49. The van der Waals surface area contributed by atoms with Gasteiger partial charge in [0.25, 0.3) is 5.91 Å². The van der Waals surface area contributed by atoms with Crippen molar-refractivity contribution in [3.05, 3.63) is 41.4 Å². The van der Waals surface area contributed by atoms with E-state index in [9.17, 15) is 9.59 Å². The molecule has 0 aliphatic carbocycles. The molecule has 0 radical (unpaired) electrons. The number of carboxylic acid groups (broad SMARTS) is 1. The van der Waals surface area contributed by atoms with Gasteiger partial charge in [-0.1, -0.05) is 17.7 Å². The van der Waals surface area contributed by atoms with E-state index in [0.29, 0.717) is 17.2 Å². The van der Waals surface area contributed by atoms with Gasteiger partial charge in [0.2, 0.25) is 0 Å². The molecule has 1 aromatic carbocycles. The van der Waals surface area contributed by atoms with Gasteiger partial charge >= 0.3 is 5.97 Å². The van der Waals surface area contributed by atoms with Crippen LogP contribution < -0.4 is 10.1 Å². The van der Waals surface area contributed by atoms with E-state index in [-0.39, 0.29) is 6.42 Å². The third kappa shape index (κ3) is 3.11. The van der Waals surface area contributed by atoms with Crippen molar-refractivity contribution in [3.63, 3.8) is 0 Å². The first-order valence-corrected chi connectivity index (χ1v) is 6.48. The number of aliphatic carboxylic acids is 1. The second-order valence-electron chi connectivity index (χ2n) is 4.49. The minimum atomic E-state index is -1.10. The number of carboxylic acids is 1. The maximum absolute atomic E-state index is 12.0. The summed E-state index contributed by atoms with van der Waals surface area (Å²) >= 11 is 5.87. The van der Waals surface area contributed by atoms with Crippen LogP contribution in [-0.4, -0.2) is 29.1 Å². The zero-order valence-corrected chi connectivity index (χ0v) is 11.4. The lowest BCUT2D eigenvalue weighted by atomic mass is 10.1. The molecule has 2 rings (SSSR count). The number of nitrogens with one attached hydrogen (secondary N) is 1. The fourth-order valence-corrected chi connectivity index (χ4v) is 2.21. The number of rotatable bonds is 5. The SMILES string of the molecule is C=CCC(NC(=O)C1Cc2cc(Cl)ccc2O1)C(=O)O. The normalized spacial score (nSPS) is 17.8. The molecule has 0 bridgehead atoms. The summed E-state index contributed by atoms with van der Waals surface area (Å²) in [6.45, 7) is 3.47. The van der Waals surface area contributed by atoms with Crippen LogP contribution in [0.15, 0.2) is 30.9 Å². The molecule has 2 atom stereocenters. The Morgan fingerprint density at radius 1 is 1.60 bits per heavy atom. The third-order valence-corrected chi connectivity index (χ3v) is 3.24. The van der Waals surface area contributed by atoms with Gasteiger partial charge in [0.15, 0.2) is 6.10 Å². The van der Waals surface area contributed by atoms with Gasteiger partial charge in [0.05, 0.1) is 0 Å². The van der Waals surface area contributed by atoms with Crippen LogP contribution in [0.25, 0.3) is 0 Å². The molecule has 0 saturated carbocycles. The molecule has 0 fully saturated rings. The van der Waals surface area contributed by atoms with Gasteiger partial charge in [-0.25, -0.2) is 4.79 Å². The highest BCUT2D eigenvalue weighted by Crippen LogP contribution is 2.31. The lowest BCUT2D eigenvalue weighted by molar-refractivity contribution is -0.142. The van der Waals surface area contributed by atoms with Crippen LogP contribution in [0.1, 0.15) is 12.0 Å². The zero-order chi connectivity index (χ0) is 14.7. The maximum Gasteiger partial charge on any atom is 0.326 e. The van der Waals surface area contributed by atoms with Gasteiger partial charge in [-0.2, -0.15) is 0 Å². The van der Waals surface area contributed by atoms with Gasteiger partial charge in [-0.15, -0.1) is 6.58 Å². The van der Waals surface area contributed by atoms with Crippen molar-refractivity contribution in [2.24, 2.45) is 0 Å². The predicted octanol–water partition coefficient (Wildman–Crippen LogP) is 1.79. The van der Waals surface area contributed by atoms with Gasteiger partial charge in [0, 0.05) is 11.4 Å². The first kappa shape index (κ1) is 14.4. The van der Waals surface area contributed by atoms with Gasteiger partial charge in [-0.3, -0.25) is 4.79 Å². The Bertz CT molecular complexity index is 558. The lowest BCUT2D eigenvalue weighted by Crippen LogP contribution is -2.46. The lowest BCUT2D eigenvalue weighted by Gasteiger charge is -2.16. The van der Waals surface area contributed by atoms with E-state index in [1.165, 1.54) is 6.08 Å². The summed E-state index contributed by atoms with van der Waals surface area (Å²) in [5, 5.41) is 12.0. The number of ether oxygens (including phenoxy) is 1. The van der Waals surface area contributed by atoms with Crippen LogP contribution >= 0.6 is 11.6 Å². The number of carbonyl (C=O) groups is 2. The minimum absolute atomic E-state index is 0.159. The summed E-state index contributed by atoms with van der Waals surface area (Å²) in [5.74, 6) is -0.950. The highest BCUT2D eigenvalue weighted by Gasteiger charge is 2.31. The van der Waals surface area contributed by atoms with Crippen molar-refractivity contribution in [1.29, 1.82) is 0 Å². The topological polar surface area (TPSA) is 75.6 Å². The maximum atomic E-state index is 12.0. The Morgan fingerprint density at radius 3 is 3.00 bits per heavy atom. The van der Waals surface area contributed by atoms with Crippen molar-refractivity contribution >= 4 is 23.5 Å². The van der Waals surface area contributed by atoms with Gasteiger partial charge in [-0.05, 0) is 30.2 Å². The van der Waals surface area contributed by atoms with Crippen LogP contribution in [0.3, 0.4) is 0 Å². The molecular formula is C14H14ClNO4. The van der Waals surface area contributed by atoms with Crippen LogP contribution in [0.5, 0.6) is 5.75 Å². The van der Waals surface area contributed by atoms with Crippen molar-refractivity contribution in [2.45, 2.75) is 25.0 Å². The molecule has 1 amide bonds. The first-order valence-electron chi connectivity index (χ1n) is 6.10. The molecule has 0 saturated heterocycles. The summed E-state index contributed by atoms with van der Waals surface area (Å²) in [6, 6.07) is 4.13. The Hall–Kier alpha value is -2.01. The van der Waals surface area contributed by atoms with E-state index in [1.807, 2.05) is 0 Å². The predicted molar refractivity (Wildman–Crippen MR) is 74.0 cm³/mol. The standard InChI is InChI=1S/C14H14ClNO4/c1-2-3-10(14(18)19)16-13(17)12-7-8-6-9(15)4-5-11(8)20-12/h2,4-6,10,12H,1,3,7H2,(H,16,17)(H,18,19).